The molecule has 0 saturated carbocycles. The van der Waals surface area contributed by atoms with Gasteiger partial charge in [0.1, 0.15) is 0 Å². The van der Waals surface area contributed by atoms with E-state index in [-0.39, 0.29) is 11.8 Å². The average Bonchev–Trinajstić information content (AvgIpc) is 3.23. The van der Waals surface area contributed by atoms with E-state index in [0.717, 1.165) is 11.3 Å². The Morgan fingerprint density at radius 1 is 1.12 bits per heavy atom. The number of rotatable bonds is 2. The standard InChI is InChI=1S/C16H18N6O3/c1-20-13-10-22(15(23)12-3-2-4-17-18-12)9-11(13)14(19-20)16(24)21-5-7-25-8-6-21/h2-4H,5-10H2,1H3. The van der Waals surface area contributed by atoms with Crippen LogP contribution in [0.5, 0.6) is 0 Å². The lowest BCUT2D eigenvalue weighted by Gasteiger charge is -2.26. The van der Waals surface area contributed by atoms with Gasteiger partial charge in [0.15, 0.2) is 11.4 Å². The number of morpholine rings is 1. The SMILES string of the molecule is Cn1nc(C(=O)N2CCOCC2)c2c1CN(C(=O)c1cccnn1)C2. The molecular weight excluding hydrogens is 324 g/mol. The maximum Gasteiger partial charge on any atom is 0.275 e. The predicted molar refractivity (Wildman–Crippen MR) is 85.5 cm³/mol. The summed E-state index contributed by atoms with van der Waals surface area (Å²) in [7, 11) is 1.80. The molecule has 1 saturated heterocycles. The molecule has 130 valence electrons. The van der Waals surface area contributed by atoms with Crippen LogP contribution in [0.2, 0.25) is 0 Å². The zero-order valence-electron chi connectivity index (χ0n) is 13.9. The molecule has 2 aliphatic heterocycles. The highest BCUT2D eigenvalue weighted by Gasteiger charge is 2.34. The molecule has 9 heteroatoms. The highest BCUT2D eigenvalue weighted by atomic mass is 16.5. The zero-order valence-corrected chi connectivity index (χ0v) is 13.9. The van der Waals surface area contributed by atoms with Crippen molar-refractivity contribution in [3.05, 3.63) is 41.0 Å². The topological polar surface area (TPSA) is 93.5 Å². The summed E-state index contributed by atoms with van der Waals surface area (Å²) < 4.78 is 6.98. The minimum absolute atomic E-state index is 0.103. The van der Waals surface area contributed by atoms with Crippen LogP contribution < -0.4 is 0 Å². The summed E-state index contributed by atoms with van der Waals surface area (Å²) in [6.45, 7) is 2.96. The Balaban J connectivity index is 1.57. The second kappa shape index (κ2) is 6.25. The van der Waals surface area contributed by atoms with Crippen molar-refractivity contribution in [2.75, 3.05) is 26.3 Å². The maximum absolute atomic E-state index is 12.8. The normalized spacial score (nSPS) is 16.8. The van der Waals surface area contributed by atoms with Gasteiger partial charge < -0.3 is 14.5 Å². The van der Waals surface area contributed by atoms with Crippen molar-refractivity contribution in [3.8, 4) is 0 Å². The number of hydrogen-bond acceptors (Lipinski definition) is 6. The molecule has 0 bridgehead atoms. The van der Waals surface area contributed by atoms with Gasteiger partial charge in [-0.05, 0) is 12.1 Å². The van der Waals surface area contributed by atoms with Crippen LogP contribution in [-0.4, -0.2) is 67.9 Å². The van der Waals surface area contributed by atoms with Gasteiger partial charge in [-0.2, -0.15) is 10.2 Å². The number of aryl methyl sites for hydroxylation is 1. The molecule has 0 aromatic carbocycles. The summed E-state index contributed by atoms with van der Waals surface area (Å²) in [4.78, 5) is 28.8. The molecule has 4 heterocycles. The van der Waals surface area contributed by atoms with Crippen LogP contribution in [0.4, 0.5) is 0 Å². The van der Waals surface area contributed by atoms with Crippen molar-refractivity contribution in [3.63, 3.8) is 0 Å². The van der Waals surface area contributed by atoms with Crippen molar-refractivity contribution in [2.45, 2.75) is 13.1 Å². The number of hydrogen-bond donors (Lipinski definition) is 0. The Bertz CT molecular complexity index is 813. The monoisotopic (exact) mass is 342 g/mol. The largest absolute Gasteiger partial charge is 0.378 e. The Labute approximate surface area is 144 Å². The summed E-state index contributed by atoms with van der Waals surface area (Å²) in [5, 5.41) is 12.0. The van der Waals surface area contributed by atoms with E-state index in [9.17, 15) is 9.59 Å². The Kier molecular flexibility index (Phi) is 3.92. The fourth-order valence-corrected chi connectivity index (χ4v) is 3.20. The van der Waals surface area contributed by atoms with Gasteiger partial charge >= 0.3 is 0 Å². The second-order valence-corrected chi connectivity index (χ2v) is 6.07. The van der Waals surface area contributed by atoms with E-state index in [4.69, 9.17) is 4.74 Å². The molecule has 1 fully saturated rings. The second-order valence-electron chi connectivity index (χ2n) is 6.07. The quantitative estimate of drug-likeness (QED) is 0.753. The molecule has 9 nitrogen and oxygen atoms in total. The number of carbonyl (C=O) groups is 2. The van der Waals surface area contributed by atoms with Crippen molar-refractivity contribution < 1.29 is 14.3 Å². The lowest BCUT2D eigenvalue weighted by Crippen LogP contribution is -2.41. The number of aromatic nitrogens is 4. The van der Waals surface area contributed by atoms with Gasteiger partial charge in [-0.1, -0.05) is 0 Å². The smallest absolute Gasteiger partial charge is 0.275 e. The van der Waals surface area contributed by atoms with E-state index in [1.165, 1.54) is 6.20 Å². The van der Waals surface area contributed by atoms with Crippen LogP contribution in [0.3, 0.4) is 0 Å². The van der Waals surface area contributed by atoms with Gasteiger partial charge in [0.25, 0.3) is 11.8 Å². The Morgan fingerprint density at radius 2 is 1.92 bits per heavy atom. The van der Waals surface area contributed by atoms with Gasteiger partial charge in [0, 0.05) is 31.9 Å². The van der Waals surface area contributed by atoms with E-state index in [1.807, 2.05) is 0 Å². The third kappa shape index (κ3) is 2.76. The molecule has 2 amide bonds. The molecule has 2 aromatic heterocycles. The van der Waals surface area contributed by atoms with Crippen LogP contribution in [-0.2, 0) is 24.9 Å². The van der Waals surface area contributed by atoms with Crippen LogP contribution in [0, 0.1) is 0 Å². The van der Waals surface area contributed by atoms with E-state index < -0.39 is 0 Å². The fraction of sp³-hybridized carbons (Fsp3) is 0.438. The molecule has 0 aliphatic carbocycles. The van der Waals surface area contributed by atoms with Crippen molar-refractivity contribution in [1.82, 2.24) is 29.8 Å². The highest BCUT2D eigenvalue weighted by molar-refractivity contribution is 5.96. The molecule has 0 radical (unpaired) electrons. The Hall–Kier alpha value is -2.81. The van der Waals surface area contributed by atoms with Gasteiger partial charge in [0.05, 0.1) is 32.0 Å². The number of nitrogens with zero attached hydrogens (tertiary/aromatic N) is 6. The number of fused-ring (bicyclic) bond motifs is 1. The fourth-order valence-electron chi connectivity index (χ4n) is 3.20. The first kappa shape index (κ1) is 15.7. The van der Waals surface area contributed by atoms with Crippen LogP contribution >= 0.6 is 0 Å². The molecule has 0 atom stereocenters. The molecule has 0 unspecified atom stereocenters. The van der Waals surface area contributed by atoms with Crippen LogP contribution in [0.25, 0.3) is 0 Å². The minimum atomic E-state index is -0.200. The molecule has 2 aliphatic rings. The zero-order chi connectivity index (χ0) is 17.4. The lowest BCUT2D eigenvalue weighted by atomic mass is 10.2. The van der Waals surface area contributed by atoms with Crippen molar-refractivity contribution in [1.29, 1.82) is 0 Å². The third-order valence-corrected chi connectivity index (χ3v) is 4.54. The summed E-state index contributed by atoms with van der Waals surface area (Å²) in [6.07, 6.45) is 1.53. The summed E-state index contributed by atoms with van der Waals surface area (Å²) in [5.41, 5.74) is 2.42. The number of amides is 2. The molecule has 0 spiro atoms. The minimum Gasteiger partial charge on any atom is -0.378 e. The van der Waals surface area contributed by atoms with E-state index in [2.05, 4.69) is 15.3 Å². The molecule has 0 N–H and O–H groups in total. The highest BCUT2D eigenvalue weighted by Crippen LogP contribution is 2.27. The summed E-state index contributed by atoms with van der Waals surface area (Å²) in [6, 6.07) is 3.31. The molecule has 25 heavy (non-hydrogen) atoms. The van der Waals surface area contributed by atoms with E-state index in [1.54, 1.807) is 33.7 Å². The van der Waals surface area contributed by atoms with E-state index >= 15 is 0 Å². The van der Waals surface area contributed by atoms with Gasteiger partial charge in [-0.25, -0.2) is 0 Å². The average molecular weight is 342 g/mol. The lowest BCUT2D eigenvalue weighted by molar-refractivity contribution is 0.0297. The predicted octanol–water partition coefficient (Wildman–Crippen LogP) is -0.161. The van der Waals surface area contributed by atoms with Crippen molar-refractivity contribution in [2.24, 2.45) is 7.05 Å². The molecule has 4 rings (SSSR count). The Morgan fingerprint density at radius 3 is 2.64 bits per heavy atom. The van der Waals surface area contributed by atoms with Crippen molar-refractivity contribution >= 4 is 11.8 Å². The first-order valence-corrected chi connectivity index (χ1v) is 8.14. The van der Waals surface area contributed by atoms with Crippen LogP contribution in [0.1, 0.15) is 32.2 Å². The molecular formula is C16H18N6O3. The third-order valence-electron chi connectivity index (χ3n) is 4.54. The van der Waals surface area contributed by atoms with Gasteiger partial charge in [-0.3, -0.25) is 14.3 Å². The van der Waals surface area contributed by atoms with E-state index in [0.29, 0.717) is 50.8 Å². The first-order chi connectivity index (χ1) is 12.1. The van der Waals surface area contributed by atoms with Gasteiger partial charge in [0.2, 0.25) is 0 Å². The van der Waals surface area contributed by atoms with Crippen LogP contribution in [0.15, 0.2) is 18.3 Å². The molecule has 2 aromatic rings. The van der Waals surface area contributed by atoms with Gasteiger partial charge in [-0.15, -0.1) is 5.10 Å². The summed E-state index contributed by atoms with van der Waals surface area (Å²) in [5.74, 6) is -0.303. The maximum atomic E-state index is 12.8. The summed E-state index contributed by atoms with van der Waals surface area (Å²) >= 11 is 0. The first-order valence-electron chi connectivity index (χ1n) is 8.14. The number of ether oxygens (including phenoxy) is 1. The number of carbonyl (C=O) groups excluding carboxylic acids is 2.